The summed E-state index contributed by atoms with van der Waals surface area (Å²) in [5.41, 5.74) is 0.733. The average molecular weight is 334 g/mol. The Bertz CT molecular complexity index is 546. The molecule has 1 aliphatic heterocycles. The Labute approximate surface area is 145 Å². The fraction of sp³-hybridized carbons (Fsp3) is 0.632. The van der Waals surface area contributed by atoms with Gasteiger partial charge in [0, 0.05) is 24.7 Å². The second kappa shape index (κ2) is 7.88. The Morgan fingerprint density at radius 2 is 1.88 bits per heavy atom. The number of nitrogens with one attached hydrogen (secondary N) is 1. The highest BCUT2D eigenvalue weighted by Gasteiger charge is 2.31. The Morgan fingerprint density at radius 3 is 2.42 bits per heavy atom. The number of carbonyl (C=O) groups excluding carboxylic acids is 1. The summed E-state index contributed by atoms with van der Waals surface area (Å²) in [6, 6.07) is 8.36. The first-order valence-corrected chi connectivity index (χ1v) is 8.64. The van der Waals surface area contributed by atoms with Crippen molar-refractivity contribution in [2.45, 2.75) is 45.3 Å². The second-order valence-electron chi connectivity index (χ2n) is 7.31. The predicted octanol–water partition coefficient (Wildman–Crippen LogP) is 3.60. The van der Waals surface area contributed by atoms with Crippen LogP contribution in [0.3, 0.4) is 0 Å². The topological polar surface area (TPSA) is 50.8 Å². The molecule has 1 atom stereocenters. The third-order valence-corrected chi connectivity index (χ3v) is 4.45. The van der Waals surface area contributed by atoms with E-state index in [2.05, 4.69) is 11.4 Å². The molecule has 0 bridgehead atoms. The second-order valence-corrected chi connectivity index (χ2v) is 7.31. The maximum absolute atomic E-state index is 12.2. The van der Waals surface area contributed by atoms with Crippen molar-refractivity contribution < 1.29 is 14.3 Å². The average Bonchev–Trinajstić information content (AvgIpc) is 2.55. The lowest BCUT2D eigenvalue weighted by Gasteiger charge is -2.37. The third-order valence-electron chi connectivity index (χ3n) is 4.45. The van der Waals surface area contributed by atoms with Gasteiger partial charge in [0.05, 0.1) is 7.11 Å². The molecule has 134 valence electrons. The number of para-hydroxylation sites is 1. The SMILES string of the molecule is CNC(c1ccccc1OC)C1CCN(C(=O)OC(C)(C)C)CC1. The Kier molecular flexibility index (Phi) is 6.10. The van der Waals surface area contributed by atoms with E-state index >= 15 is 0 Å². The van der Waals surface area contributed by atoms with Gasteiger partial charge in [-0.15, -0.1) is 0 Å². The van der Waals surface area contributed by atoms with Gasteiger partial charge in [0.2, 0.25) is 0 Å². The minimum Gasteiger partial charge on any atom is -0.496 e. The molecule has 1 unspecified atom stereocenters. The maximum atomic E-state index is 12.2. The minimum atomic E-state index is -0.446. The van der Waals surface area contributed by atoms with Gasteiger partial charge in [-0.2, -0.15) is 0 Å². The molecule has 1 aromatic rings. The van der Waals surface area contributed by atoms with Crippen molar-refractivity contribution in [1.82, 2.24) is 10.2 Å². The summed E-state index contributed by atoms with van der Waals surface area (Å²) in [5.74, 6) is 1.37. The van der Waals surface area contributed by atoms with Gasteiger partial charge in [0.25, 0.3) is 0 Å². The number of ether oxygens (including phenoxy) is 2. The van der Waals surface area contributed by atoms with Gasteiger partial charge >= 0.3 is 6.09 Å². The zero-order valence-corrected chi connectivity index (χ0v) is 15.5. The molecule has 1 aromatic carbocycles. The highest BCUT2D eigenvalue weighted by atomic mass is 16.6. The van der Waals surface area contributed by atoms with Crippen LogP contribution in [0, 0.1) is 5.92 Å². The normalized spacial score (nSPS) is 17.5. The molecule has 1 fully saturated rings. The van der Waals surface area contributed by atoms with Crippen molar-refractivity contribution in [2.75, 3.05) is 27.2 Å². The third kappa shape index (κ3) is 4.63. The highest BCUT2D eigenvalue weighted by molar-refractivity contribution is 5.68. The van der Waals surface area contributed by atoms with Gasteiger partial charge in [-0.1, -0.05) is 18.2 Å². The first-order chi connectivity index (χ1) is 11.4. The summed E-state index contributed by atoms with van der Waals surface area (Å²) in [6.45, 7) is 7.16. The molecule has 1 N–H and O–H groups in total. The zero-order chi connectivity index (χ0) is 17.7. The number of piperidine rings is 1. The Morgan fingerprint density at radius 1 is 1.25 bits per heavy atom. The van der Waals surface area contributed by atoms with E-state index in [0.717, 1.165) is 31.7 Å². The summed E-state index contributed by atoms with van der Waals surface area (Å²) < 4.78 is 11.0. The van der Waals surface area contributed by atoms with Crippen LogP contribution in [0.1, 0.15) is 45.2 Å². The van der Waals surface area contributed by atoms with Crippen molar-refractivity contribution >= 4 is 6.09 Å². The molecular formula is C19H30N2O3. The number of amides is 1. The summed E-state index contributed by atoms with van der Waals surface area (Å²) >= 11 is 0. The first-order valence-electron chi connectivity index (χ1n) is 8.64. The lowest BCUT2D eigenvalue weighted by Crippen LogP contribution is -2.43. The largest absolute Gasteiger partial charge is 0.496 e. The van der Waals surface area contributed by atoms with Crippen molar-refractivity contribution in [3.63, 3.8) is 0 Å². The number of nitrogens with zero attached hydrogens (tertiary/aromatic N) is 1. The lowest BCUT2D eigenvalue weighted by molar-refractivity contribution is 0.0169. The zero-order valence-electron chi connectivity index (χ0n) is 15.5. The van der Waals surface area contributed by atoms with E-state index in [-0.39, 0.29) is 12.1 Å². The molecule has 24 heavy (non-hydrogen) atoms. The number of likely N-dealkylation sites (tertiary alicyclic amines) is 1. The molecule has 1 saturated heterocycles. The Hall–Kier alpha value is -1.75. The van der Waals surface area contributed by atoms with Gasteiger partial charge in [0.15, 0.2) is 0 Å². The van der Waals surface area contributed by atoms with Crippen molar-refractivity contribution in [2.24, 2.45) is 5.92 Å². The van der Waals surface area contributed by atoms with Crippen LogP contribution in [0.15, 0.2) is 24.3 Å². The molecule has 0 spiro atoms. The van der Waals surface area contributed by atoms with Gasteiger partial charge in [-0.25, -0.2) is 4.79 Å². The molecule has 0 saturated carbocycles. The van der Waals surface area contributed by atoms with E-state index in [1.807, 2.05) is 50.9 Å². The quantitative estimate of drug-likeness (QED) is 0.914. The molecule has 0 radical (unpaired) electrons. The van der Waals surface area contributed by atoms with Crippen LogP contribution in [0.2, 0.25) is 0 Å². The summed E-state index contributed by atoms with van der Waals surface area (Å²) in [4.78, 5) is 14.0. The predicted molar refractivity (Wildman–Crippen MR) is 95.3 cm³/mol. The summed E-state index contributed by atoms with van der Waals surface area (Å²) in [7, 11) is 3.69. The van der Waals surface area contributed by atoms with E-state index in [0.29, 0.717) is 5.92 Å². The fourth-order valence-electron chi connectivity index (χ4n) is 3.31. The molecule has 0 aromatic heterocycles. The summed E-state index contributed by atoms with van der Waals surface area (Å²) in [5, 5.41) is 3.43. The van der Waals surface area contributed by atoms with E-state index < -0.39 is 5.60 Å². The van der Waals surface area contributed by atoms with Crippen LogP contribution in [-0.4, -0.2) is 43.8 Å². The molecule has 1 aliphatic rings. The number of methoxy groups -OCH3 is 1. The molecule has 5 nitrogen and oxygen atoms in total. The van der Waals surface area contributed by atoms with Crippen molar-refractivity contribution in [1.29, 1.82) is 0 Å². The van der Waals surface area contributed by atoms with Crippen LogP contribution < -0.4 is 10.1 Å². The standard InChI is InChI=1S/C19H30N2O3/c1-19(2,3)24-18(22)21-12-10-14(11-13-21)17(20-4)15-8-6-7-9-16(15)23-5/h6-9,14,17,20H,10-13H2,1-5H3. The van der Waals surface area contributed by atoms with E-state index in [4.69, 9.17) is 9.47 Å². The van der Waals surface area contributed by atoms with Gasteiger partial charge in [0.1, 0.15) is 11.4 Å². The first kappa shape index (κ1) is 18.6. The van der Waals surface area contributed by atoms with Crippen molar-refractivity contribution in [3.8, 4) is 5.75 Å². The van der Waals surface area contributed by atoms with Crippen LogP contribution in [0.25, 0.3) is 0 Å². The smallest absolute Gasteiger partial charge is 0.410 e. The number of hydrogen-bond acceptors (Lipinski definition) is 4. The number of carbonyl (C=O) groups is 1. The number of benzene rings is 1. The van der Waals surface area contributed by atoms with Crippen LogP contribution in [0.5, 0.6) is 5.75 Å². The lowest BCUT2D eigenvalue weighted by atomic mass is 9.85. The number of hydrogen-bond donors (Lipinski definition) is 1. The Balaban J connectivity index is 2.01. The highest BCUT2D eigenvalue weighted by Crippen LogP contribution is 2.35. The van der Waals surface area contributed by atoms with E-state index in [9.17, 15) is 4.79 Å². The van der Waals surface area contributed by atoms with Crippen LogP contribution >= 0.6 is 0 Å². The van der Waals surface area contributed by atoms with Crippen molar-refractivity contribution in [3.05, 3.63) is 29.8 Å². The van der Waals surface area contributed by atoms with E-state index in [1.54, 1.807) is 7.11 Å². The molecule has 5 heteroatoms. The molecule has 1 amide bonds. The maximum Gasteiger partial charge on any atom is 0.410 e. The molecular weight excluding hydrogens is 304 g/mol. The monoisotopic (exact) mass is 334 g/mol. The number of rotatable bonds is 4. The van der Waals surface area contributed by atoms with Crippen LogP contribution in [0.4, 0.5) is 4.79 Å². The fourth-order valence-corrected chi connectivity index (χ4v) is 3.31. The summed E-state index contributed by atoms with van der Waals surface area (Å²) in [6.07, 6.45) is 1.69. The van der Waals surface area contributed by atoms with Crippen LogP contribution in [-0.2, 0) is 4.74 Å². The molecule has 2 rings (SSSR count). The van der Waals surface area contributed by atoms with Gasteiger partial charge in [-0.3, -0.25) is 0 Å². The minimum absolute atomic E-state index is 0.209. The molecule has 0 aliphatic carbocycles. The molecule has 1 heterocycles. The van der Waals surface area contributed by atoms with E-state index in [1.165, 1.54) is 5.56 Å². The van der Waals surface area contributed by atoms with Gasteiger partial charge < -0.3 is 19.7 Å². The van der Waals surface area contributed by atoms with Gasteiger partial charge in [-0.05, 0) is 52.6 Å².